The van der Waals surface area contributed by atoms with Crippen molar-refractivity contribution in [1.82, 2.24) is 25.4 Å². The molecule has 0 radical (unpaired) electrons. The first-order chi connectivity index (χ1) is 14.7. The van der Waals surface area contributed by atoms with Crippen LogP contribution in [0.1, 0.15) is 49.0 Å². The van der Waals surface area contributed by atoms with Gasteiger partial charge in [-0.25, -0.2) is 4.99 Å². The Morgan fingerprint density at radius 3 is 2.93 bits per heavy atom. The summed E-state index contributed by atoms with van der Waals surface area (Å²) in [5.74, 6) is 3.71. The lowest BCUT2D eigenvalue weighted by Gasteiger charge is -2.16. The molecule has 1 aromatic heterocycles. The SMILES string of the molecule is CCNC(=NCc1ccc(C)cc1OCCCOC)NCc1nnc2n1CCCC2. The molecular weight excluding hydrogens is 380 g/mol. The fourth-order valence-corrected chi connectivity index (χ4v) is 3.48. The van der Waals surface area contributed by atoms with Gasteiger partial charge in [-0.15, -0.1) is 10.2 Å². The minimum atomic E-state index is 0.535. The molecule has 0 aliphatic carbocycles. The number of nitrogens with zero attached hydrogens (tertiary/aromatic N) is 4. The summed E-state index contributed by atoms with van der Waals surface area (Å²) in [4.78, 5) is 4.76. The molecule has 0 atom stereocenters. The highest BCUT2D eigenvalue weighted by molar-refractivity contribution is 5.79. The lowest BCUT2D eigenvalue weighted by atomic mass is 10.1. The van der Waals surface area contributed by atoms with Crippen LogP contribution in [0.5, 0.6) is 5.75 Å². The molecule has 3 rings (SSSR count). The summed E-state index contributed by atoms with van der Waals surface area (Å²) in [6, 6.07) is 6.25. The Kier molecular flexibility index (Phi) is 8.50. The van der Waals surface area contributed by atoms with Gasteiger partial charge in [0.05, 0.1) is 19.7 Å². The quantitative estimate of drug-likeness (QED) is 0.353. The van der Waals surface area contributed by atoms with Gasteiger partial charge >= 0.3 is 0 Å². The Balaban J connectivity index is 1.63. The third-order valence-electron chi connectivity index (χ3n) is 5.07. The highest BCUT2D eigenvalue weighted by Crippen LogP contribution is 2.21. The Bertz CT molecular complexity index is 833. The highest BCUT2D eigenvalue weighted by Gasteiger charge is 2.15. The van der Waals surface area contributed by atoms with E-state index in [1.165, 1.54) is 18.4 Å². The molecule has 8 nitrogen and oxygen atoms in total. The van der Waals surface area contributed by atoms with Crippen LogP contribution in [0.3, 0.4) is 0 Å². The second-order valence-corrected chi connectivity index (χ2v) is 7.50. The third kappa shape index (κ3) is 6.19. The Morgan fingerprint density at radius 2 is 2.10 bits per heavy atom. The second kappa shape index (κ2) is 11.5. The van der Waals surface area contributed by atoms with E-state index >= 15 is 0 Å². The van der Waals surface area contributed by atoms with Gasteiger partial charge in [-0.05, 0) is 38.3 Å². The van der Waals surface area contributed by atoms with Gasteiger partial charge in [0, 0.05) is 45.2 Å². The Morgan fingerprint density at radius 1 is 1.20 bits per heavy atom. The van der Waals surface area contributed by atoms with E-state index in [4.69, 9.17) is 14.5 Å². The van der Waals surface area contributed by atoms with Crippen LogP contribution in [0.25, 0.3) is 0 Å². The Labute approximate surface area is 179 Å². The van der Waals surface area contributed by atoms with E-state index in [1.54, 1.807) is 7.11 Å². The summed E-state index contributed by atoms with van der Waals surface area (Å²) in [6.45, 7) is 8.38. The van der Waals surface area contributed by atoms with Gasteiger partial charge in [0.25, 0.3) is 0 Å². The average Bonchev–Trinajstić information content (AvgIpc) is 3.17. The number of guanidine groups is 1. The molecule has 30 heavy (non-hydrogen) atoms. The first-order valence-electron chi connectivity index (χ1n) is 10.9. The van der Waals surface area contributed by atoms with Crippen molar-refractivity contribution in [3.8, 4) is 5.75 Å². The van der Waals surface area contributed by atoms with Crippen LogP contribution >= 0.6 is 0 Å². The number of aryl methyl sites for hydroxylation is 2. The molecule has 164 valence electrons. The number of aromatic nitrogens is 3. The summed E-state index contributed by atoms with van der Waals surface area (Å²) in [5.41, 5.74) is 2.24. The number of nitrogens with one attached hydrogen (secondary N) is 2. The zero-order valence-electron chi connectivity index (χ0n) is 18.4. The molecule has 0 saturated heterocycles. The van der Waals surface area contributed by atoms with Crippen LogP contribution in [-0.2, 0) is 30.8 Å². The van der Waals surface area contributed by atoms with Crippen molar-refractivity contribution in [2.75, 3.05) is 26.9 Å². The second-order valence-electron chi connectivity index (χ2n) is 7.50. The number of aliphatic imine (C=N–C) groups is 1. The molecule has 0 unspecified atom stereocenters. The lowest BCUT2D eigenvalue weighted by Crippen LogP contribution is -2.37. The molecule has 0 fully saturated rings. The fraction of sp³-hybridized carbons (Fsp3) is 0.591. The maximum Gasteiger partial charge on any atom is 0.191 e. The van der Waals surface area contributed by atoms with E-state index in [-0.39, 0.29) is 0 Å². The topological polar surface area (TPSA) is 85.6 Å². The van der Waals surface area contributed by atoms with E-state index in [0.29, 0.717) is 26.3 Å². The lowest BCUT2D eigenvalue weighted by molar-refractivity contribution is 0.172. The van der Waals surface area contributed by atoms with E-state index < -0.39 is 0 Å². The normalized spacial score (nSPS) is 13.8. The minimum Gasteiger partial charge on any atom is -0.493 e. The zero-order chi connectivity index (χ0) is 21.2. The van der Waals surface area contributed by atoms with Crippen LogP contribution in [0, 0.1) is 6.92 Å². The smallest absolute Gasteiger partial charge is 0.191 e. The first kappa shape index (κ1) is 22.1. The number of ether oxygens (including phenoxy) is 2. The van der Waals surface area contributed by atoms with Crippen molar-refractivity contribution in [1.29, 1.82) is 0 Å². The minimum absolute atomic E-state index is 0.535. The van der Waals surface area contributed by atoms with Crippen molar-refractivity contribution in [3.05, 3.63) is 41.0 Å². The number of hydrogen-bond acceptors (Lipinski definition) is 5. The predicted octanol–water partition coefficient (Wildman–Crippen LogP) is 2.59. The molecule has 0 saturated carbocycles. The van der Waals surface area contributed by atoms with Crippen LogP contribution in [0.15, 0.2) is 23.2 Å². The maximum absolute atomic E-state index is 5.98. The van der Waals surface area contributed by atoms with Gasteiger partial charge < -0.3 is 24.7 Å². The summed E-state index contributed by atoms with van der Waals surface area (Å²) in [6.07, 6.45) is 4.26. The van der Waals surface area contributed by atoms with Gasteiger partial charge in [0.15, 0.2) is 11.8 Å². The van der Waals surface area contributed by atoms with Crippen LogP contribution in [-0.4, -0.2) is 47.6 Å². The standard InChI is InChI=1S/C22H34N6O2/c1-4-23-22(25-16-21-27-26-20-8-5-6-11-28(20)21)24-15-18-10-9-17(2)14-19(18)30-13-7-12-29-3/h9-10,14H,4-8,11-13,15-16H2,1-3H3,(H2,23,24,25). The number of benzene rings is 1. The van der Waals surface area contributed by atoms with Crippen LogP contribution < -0.4 is 15.4 Å². The molecule has 8 heteroatoms. The average molecular weight is 415 g/mol. The van der Waals surface area contributed by atoms with Crippen LogP contribution in [0.2, 0.25) is 0 Å². The first-order valence-corrected chi connectivity index (χ1v) is 10.9. The summed E-state index contributed by atoms with van der Waals surface area (Å²) < 4.78 is 13.3. The van der Waals surface area contributed by atoms with E-state index in [0.717, 1.165) is 54.9 Å². The monoisotopic (exact) mass is 414 g/mol. The molecule has 2 heterocycles. The van der Waals surface area contributed by atoms with Gasteiger partial charge in [-0.3, -0.25) is 0 Å². The number of rotatable bonds is 10. The Hall–Kier alpha value is -2.61. The van der Waals surface area contributed by atoms with E-state index in [9.17, 15) is 0 Å². The highest BCUT2D eigenvalue weighted by atomic mass is 16.5. The van der Waals surface area contributed by atoms with E-state index in [1.807, 2.05) is 0 Å². The third-order valence-corrected chi connectivity index (χ3v) is 5.07. The van der Waals surface area contributed by atoms with E-state index in [2.05, 4.69) is 57.4 Å². The molecule has 0 bridgehead atoms. The largest absolute Gasteiger partial charge is 0.493 e. The zero-order valence-corrected chi connectivity index (χ0v) is 18.4. The fourth-order valence-electron chi connectivity index (χ4n) is 3.48. The molecule has 0 spiro atoms. The van der Waals surface area contributed by atoms with Crippen molar-refractivity contribution in [2.24, 2.45) is 4.99 Å². The van der Waals surface area contributed by atoms with Crippen LogP contribution in [0.4, 0.5) is 0 Å². The van der Waals surface area contributed by atoms with Gasteiger partial charge in [0.1, 0.15) is 11.6 Å². The molecular formula is C22H34N6O2. The van der Waals surface area contributed by atoms with Crippen molar-refractivity contribution in [3.63, 3.8) is 0 Å². The summed E-state index contributed by atoms with van der Waals surface area (Å²) >= 11 is 0. The number of fused-ring (bicyclic) bond motifs is 1. The predicted molar refractivity (Wildman–Crippen MR) is 118 cm³/mol. The molecule has 1 aliphatic heterocycles. The summed E-state index contributed by atoms with van der Waals surface area (Å²) in [7, 11) is 1.71. The van der Waals surface area contributed by atoms with Crippen molar-refractivity contribution >= 4 is 5.96 Å². The summed E-state index contributed by atoms with van der Waals surface area (Å²) in [5, 5.41) is 15.4. The molecule has 2 aromatic rings. The molecule has 0 amide bonds. The van der Waals surface area contributed by atoms with Crippen molar-refractivity contribution in [2.45, 2.75) is 59.2 Å². The van der Waals surface area contributed by atoms with Gasteiger partial charge in [-0.2, -0.15) is 0 Å². The molecule has 2 N–H and O–H groups in total. The molecule has 1 aliphatic rings. The van der Waals surface area contributed by atoms with Gasteiger partial charge in [-0.1, -0.05) is 12.1 Å². The maximum atomic E-state index is 5.98. The number of methoxy groups -OCH3 is 1. The number of hydrogen-bond donors (Lipinski definition) is 2. The van der Waals surface area contributed by atoms with Crippen molar-refractivity contribution < 1.29 is 9.47 Å². The molecule has 1 aromatic carbocycles. The van der Waals surface area contributed by atoms with Gasteiger partial charge in [0.2, 0.25) is 0 Å².